The second kappa shape index (κ2) is 9.22. The van der Waals surface area contributed by atoms with Gasteiger partial charge >= 0.3 is 6.36 Å². The molecule has 0 aliphatic rings. The number of halogens is 3. The standard InChI is InChI=1S/C19H28F3NO2/c1-6-11-23(14(4)5)17(18(24)13(2)3)12-15-7-9-16(10-8-15)25-19(20,21)22/h7-10,13-14,17H,6,11-12H2,1-5H3/t17-/m0/s1. The van der Waals surface area contributed by atoms with Gasteiger partial charge in [0.15, 0.2) is 5.78 Å². The van der Waals surface area contributed by atoms with Crippen molar-refractivity contribution >= 4 is 5.78 Å². The van der Waals surface area contributed by atoms with Crippen LogP contribution in [0.2, 0.25) is 0 Å². The van der Waals surface area contributed by atoms with Crippen molar-refractivity contribution in [1.82, 2.24) is 4.90 Å². The molecule has 0 aliphatic heterocycles. The Kier molecular flexibility index (Phi) is 7.93. The number of ketones is 1. The number of rotatable bonds is 9. The largest absolute Gasteiger partial charge is 0.573 e. The Morgan fingerprint density at radius 1 is 1.12 bits per heavy atom. The van der Waals surface area contributed by atoms with Gasteiger partial charge in [0.05, 0.1) is 6.04 Å². The highest BCUT2D eigenvalue weighted by Gasteiger charge is 2.31. The van der Waals surface area contributed by atoms with E-state index in [0.29, 0.717) is 6.42 Å². The summed E-state index contributed by atoms with van der Waals surface area (Å²) in [5, 5.41) is 0. The monoisotopic (exact) mass is 359 g/mol. The molecule has 0 heterocycles. The summed E-state index contributed by atoms with van der Waals surface area (Å²) in [7, 11) is 0. The molecule has 0 spiro atoms. The number of benzene rings is 1. The maximum Gasteiger partial charge on any atom is 0.573 e. The van der Waals surface area contributed by atoms with E-state index in [1.54, 1.807) is 12.1 Å². The van der Waals surface area contributed by atoms with Crippen molar-refractivity contribution < 1.29 is 22.7 Å². The summed E-state index contributed by atoms with van der Waals surface area (Å²) in [4.78, 5) is 14.9. The molecule has 1 aromatic carbocycles. The SMILES string of the molecule is CCCN(C(C)C)[C@@H](Cc1ccc(OC(F)(F)F)cc1)C(=O)C(C)C. The van der Waals surface area contributed by atoms with Crippen LogP contribution in [0.1, 0.15) is 46.6 Å². The molecule has 0 N–H and O–H groups in total. The van der Waals surface area contributed by atoms with Gasteiger partial charge in [0.1, 0.15) is 5.75 Å². The van der Waals surface area contributed by atoms with Crippen LogP contribution in [0, 0.1) is 5.92 Å². The van der Waals surface area contributed by atoms with Gasteiger partial charge < -0.3 is 4.74 Å². The van der Waals surface area contributed by atoms with E-state index in [1.165, 1.54) is 12.1 Å². The van der Waals surface area contributed by atoms with Crippen LogP contribution < -0.4 is 4.74 Å². The molecule has 1 rings (SSSR count). The van der Waals surface area contributed by atoms with E-state index in [2.05, 4.69) is 30.4 Å². The van der Waals surface area contributed by atoms with Gasteiger partial charge in [-0.2, -0.15) is 0 Å². The van der Waals surface area contributed by atoms with Gasteiger partial charge in [-0.1, -0.05) is 32.9 Å². The first-order valence-electron chi connectivity index (χ1n) is 8.69. The molecule has 0 radical (unpaired) electrons. The van der Waals surface area contributed by atoms with Gasteiger partial charge in [0, 0.05) is 12.0 Å². The topological polar surface area (TPSA) is 29.5 Å². The molecule has 1 atom stereocenters. The Bertz CT molecular complexity index is 539. The first-order chi connectivity index (χ1) is 11.5. The second-order valence-electron chi connectivity index (χ2n) is 6.80. The minimum Gasteiger partial charge on any atom is -0.406 e. The fourth-order valence-electron chi connectivity index (χ4n) is 2.85. The highest BCUT2D eigenvalue weighted by molar-refractivity contribution is 5.86. The van der Waals surface area contributed by atoms with E-state index in [1.807, 2.05) is 13.8 Å². The summed E-state index contributed by atoms with van der Waals surface area (Å²) < 4.78 is 40.7. The second-order valence-corrected chi connectivity index (χ2v) is 6.80. The van der Waals surface area contributed by atoms with Crippen LogP contribution >= 0.6 is 0 Å². The number of ether oxygens (including phenoxy) is 1. The molecule has 0 bridgehead atoms. The lowest BCUT2D eigenvalue weighted by Crippen LogP contribution is -2.48. The smallest absolute Gasteiger partial charge is 0.406 e. The van der Waals surface area contributed by atoms with Crippen LogP contribution in [0.3, 0.4) is 0 Å². The third-order valence-corrected chi connectivity index (χ3v) is 4.03. The number of alkyl halides is 3. The molecule has 142 valence electrons. The van der Waals surface area contributed by atoms with Crippen LogP contribution in [-0.2, 0) is 11.2 Å². The first-order valence-corrected chi connectivity index (χ1v) is 8.69. The quantitative estimate of drug-likeness (QED) is 0.632. The fraction of sp³-hybridized carbons (Fsp3) is 0.632. The third kappa shape index (κ3) is 7.06. The molecule has 0 saturated heterocycles. The highest BCUT2D eigenvalue weighted by Crippen LogP contribution is 2.24. The molecular weight excluding hydrogens is 331 g/mol. The van der Waals surface area contributed by atoms with Gasteiger partial charge in [-0.05, 0) is 50.9 Å². The predicted molar refractivity (Wildman–Crippen MR) is 92.6 cm³/mol. The van der Waals surface area contributed by atoms with Gasteiger partial charge in [0.2, 0.25) is 0 Å². The average Bonchev–Trinajstić information content (AvgIpc) is 2.49. The first kappa shape index (κ1) is 21.5. The summed E-state index contributed by atoms with van der Waals surface area (Å²) in [6.45, 7) is 10.7. The van der Waals surface area contributed by atoms with Crippen molar-refractivity contribution in [2.24, 2.45) is 5.92 Å². The molecule has 6 heteroatoms. The van der Waals surface area contributed by atoms with Crippen molar-refractivity contribution in [3.63, 3.8) is 0 Å². The van der Waals surface area contributed by atoms with Gasteiger partial charge in [0.25, 0.3) is 0 Å². The maximum atomic E-state index is 12.7. The normalized spacial score (nSPS) is 13.6. The van der Waals surface area contributed by atoms with E-state index in [4.69, 9.17) is 0 Å². The van der Waals surface area contributed by atoms with E-state index in [9.17, 15) is 18.0 Å². The summed E-state index contributed by atoms with van der Waals surface area (Å²) >= 11 is 0. The predicted octanol–water partition coefficient (Wildman–Crippen LogP) is 4.84. The molecule has 0 aliphatic carbocycles. The number of nitrogens with zero attached hydrogens (tertiary/aromatic N) is 1. The summed E-state index contributed by atoms with van der Waals surface area (Å²) in [6, 6.07) is 5.69. The van der Waals surface area contributed by atoms with Gasteiger partial charge in [-0.3, -0.25) is 9.69 Å². The number of hydrogen-bond acceptors (Lipinski definition) is 3. The van der Waals surface area contributed by atoms with Crippen LogP contribution in [-0.4, -0.2) is 35.7 Å². The molecule has 0 saturated carbocycles. The molecule has 25 heavy (non-hydrogen) atoms. The number of carbonyl (C=O) groups is 1. The Labute approximate surface area is 148 Å². The van der Waals surface area contributed by atoms with Crippen molar-refractivity contribution in [3.8, 4) is 5.75 Å². The Morgan fingerprint density at radius 3 is 2.08 bits per heavy atom. The lowest BCUT2D eigenvalue weighted by molar-refractivity contribution is -0.274. The number of hydrogen-bond donors (Lipinski definition) is 0. The van der Waals surface area contributed by atoms with E-state index >= 15 is 0 Å². The van der Waals surface area contributed by atoms with Crippen LogP contribution in [0.4, 0.5) is 13.2 Å². The van der Waals surface area contributed by atoms with Crippen LogP contribution in [0.5, 0.6) is 5.75 Å². The number of Topliss-reactive ketones (excluding diaryl/α,β-unsaturated/α-hetero) is 1. The van der Waals surface area contributed by atoms with E-state index < -0.39 is 6.36 Å². The summed E-state index contributed by atoms with van der Waals surface area (Å²) in [5.41, 5.74) is 0.815. The maximum absolute atomic E-state index is 12.7. The average molecular weight is 359 g/mol. The zero-order valence-corrected chi connectivity index (χ0v) is 15.6. The minimum atomic E-state index is -4.70. The number of carbonyl (C=O) groups excluding carboxylic acids is 1. The third-order valence-electron chi connectivity index (χ3n) is 4.03. The summed E-state index contributed by atoms with van der Waals surface area (Å²) in [6.07, 6.45) is -3.30. The molecule has 3 nitrogen and oxygen atoms in total. The zero-order valence-electron chi connectivity index (χ0n) is 15.6. The van der Waals surface area contributed by atoms with Gasteiger partial charge in [-0.25, -0.2) is 0 Å². The molecule has 0 unspecified atom stereocenters. The molecule has 0 amide bonds. The van der Waals surface area contributed by atoms with E-state index in [0.717, 1.165) is 18.5 Å². The van der Waals surface area contributed by atoms with Crippen molar-refractivity contribution in [3.05, 3.63) is 29.8 Å². The van der Waals surface area contributed by atoms with Crippen LogP contribution in [0.25, 0.3) is 0 Å². The lowest BCUT2D eigenvalue weighted by Gasteiger charge is -2.35. The molecular formula is C19H28F3NO2. The van der Waals surface area contributed by atoms with Crippen molar-refractivity contribution in [2.75, 3.05) is 6.54 Å². The van der Waals surface area contributed by atoms with Crippen LogP contribution in [0.15, 0.2) is 24.3 Å². The van der Waals surface area contributed by atoms with Gasteiger partial charge in [-0.15, -0.1) is 13.2 Å². The minimum absolute atomic E-state index is 0.101. The van der Waals surface area contributed by atoms with E-state index in [-0.39, 0.29) is 29.5 Å². The van der Waals surface area contributed by atoms with Crippen molar-refractivity contribution in [1.29, 1.82) is 0 Å². The Hall–Kier alpha value is -1.56. The zero-order chi connectivity index (χ0) is 19.2. The Balaban J connectivity index is 2.99. The molecule has 1 aromatic rings. The molecule has 0 fully saturated rings. The Morgan fingerprint density at radius 2 is 1.68 bits per heavy atom. The lowest BCUT2D eigenvalue weighted by atomic mass is 9.93. The fourth-order valence-corrected chi connectivity index (χ4v) is 2.85. The van der Waals surface area contributed by atoms with Crippen molar-refractivity contribution in [2.45, 2.75) is 65.9 Å². The highest BCUT2D eigenvalue weighted by atomic mass is 19.4. The molecule has 0 aromatic heterocycles. The summed E-state index contributed by atoms with van der Waals surface area (Å²) in [5.74, 6) is -0.203.